The molecule has 0 aliphatic carbocycles. The third kappa shape index (κ3) is 1.59. The Morgan fingerprint density at radius 3 is 1.95 bits per heavy atom. The van der Waals surface area contributed by atoms with Crippen molar-refractivity contribution in [2.24, 2.45) is 0 Å². The maximum atomic E-state index is 8.93. The lowest BCUT2D eigenvalue weighted by Gasteiger charge is -2.21. The highest BCUT2D eigenvalue weighted by molar-refractivity contribution is 5.86. The fraction of sp³-hybridized carbons (Fsp3) is 0. The normalized spacial score (nSPS) is 11.8. The molecular weight excluding hydrogens is 250 g/mol. The van der Waals surface area contributed by atoms with E-state index in [0.717, 1.165) is 10.8 Å². The molecule has 0 saturated carbocycles. The van der Waals surface area contributed by atoms with E-state index in [0.29, 0.717) is 28.6 Å². The van der Waals surface area contributed by atoms with Crippen molar-refractivity contribution in [2.75, 3.05) is 0 Å². The summed E-state index contributed by atoms with van der Waals surface area (Å²) in [7, 11) is 0. The monoisotopic (exact) mass is 259 g/mol. The first-order valence-corrected chi connectivity index (χ1v) is 6.26. The molecule has 0 aromatic heterocycles. The molecule has 0 atom stereocenters. The average Bonchev–Trinajstić information content (AvgIpc) is 2.50. The van der Waals surface area contributed by atoms with Crippen molar-refractivity contribution in [2.45, 2.75) is 0 Å². The van der Waals surface area contributed by atoms with Crippen molar-refractivity contribution in [3.8, 4) is 29.1 Å². The van der Waals surface area contributed by atoms with Crippen molar-refractivity contribution in [1.29, 1.82) is 5.26 Å². The number of hydrogen-bond acceptors (Lipinski definition) is 3. The molecule has 3 nitrogen and oxygen atoms in total. The van der Waals surface area contributed by atoms with Gasteiger partial charge >= 0.3 is 0 Å². The molecule has 4 rings (SSSR count). The molecule has 0 N–H and O–H groups in total. The number of rotatable bonds is 0. The van der Waals surface area contributed by atoms with Crippen LogP contribution in [0.25, 0.3) is 10.8 Å². The molecular formula is C17H9NO2. The summed E-state index contributed by atoms with van der Waals surface area (Å²) in [6.07, 6.45) is 0. The Morgan fingerprint density at radius 1 is 0.700 bits per heavy atom. The molecule has 3 aromatic rings. The third-order valence-corrected chi connectivity index (χ3v) is 3.32. The first-order valence-electron chi connectivity index (χ1n) is 6.26. The molecule has 0 unspecified atom stereocenters. The largest absolute Gasteiger partial charge is 0.449 e. The quantitative estimate of drug-likeness (QED) is 0.463. The van der Waals surface area contributed by atoms with Crippen molar-refractivity contribution >= 4 is 10.8 Å². The highest BCUT2D eigenvalue weighted by Gasteiger charge is 2.19. The molecule has 3 heteroatoms. The van der Waals surface area contributed by atoms with Crippen LogP contribution in [0, 0.1) is 11.3 Å². The van der Waals surface area contributed by atoms with Crippen LogP contribution in [0.4, 0.5) is 0 Å². The zero-order chi connectivity index (χ0) is 13.5. The molecule has 0 amide bonds. The van der Waals surface area contributed by atoms with Gasteiger partial charge < -0.3 is 9.47 Å². The van der Waals surface area contributed by atoms with Crippen molar-refractivity contribution < 1.29 is 9.47 Å². The number of hydrogen-bond donors (Lipinski definition) is 0. The van der Waals surface area contributed by atoms with Crippen LogP contribution in [0.3, 0.4) is 0 Å². The topological polar surface area (TPSA) is 42.2 Å². The fourth-order valence-corrected chi connectivity index (χ4v) is 2.34. The number of ether oxygens (including phenoxy) is 2. The van der Waals surface area contributed by atoms with Crippen molar-refractivity contribution in [3.63, 3.8) is 0 Å². The maximum absolute atomic E-state index is 8.93. The molecule has 0 bridgehead atoms. The SMILES string of the molecule is N#Cc1ccc2c(c1)Oc1cc3ccccc3cc1O2. The Bertz CT molecular complexity index is 878. The van der Waals surface area contributed by atoms with Gasteiger partial charge in [0.15, 0.2) is 23.0 Å². The maximum Gasteiger partial charge on any atom is 0.171 e. The van der Waals surface area contributed by atoms with Gasteiger partial charge in [0.2, 0.25) is 0 Å². The number of fused-ring (bicyclic) bond motifs is 3. The standard InChI is InChI=1S/C17H9NO2/c18-10-11-5-6-14-15(7-11)20-17-9-13-4-2-1-3-12(13)8-16(17)19-14/h1-9H. The lowest BCUT2D eigenvalue weighted by Crippen LogP contribution is -1.99. The molecule has 20 heavy (non-hydrogen) atoms. The Kier molecular flexibility index (Phi) is 2.18. The van der Waals surface area contributed by atoms with E-state index in [2.05, 4.69) is 6.07 Å². The van der Waals surface area contributed by atoms with Gasteiger partial charge in [-0.3, -0.25) is 0 Å². The summed E-state index contributed by atoms with van der Waals surface area (Å²) in [6.45, 7) is 0. The van der Waals surface area contributed by atoms with Crippen LogP contribution in [-0.2, 0) is 0 Å². The minimum absolute atomic E-state index is 0.552. The van der Waals surface area contributed by atoms with Crippen LogP contribution in [0.15, 0.2) is 54.6 Å². The van der Waals surface area contributed by atoms with Gasteiger partial charge in [0.05, 0.1) is 11.6 Å². The van der Waals surface area contributed by atoms with Gasteiger partial charge in [-0.1, -0.05) is 24.3 Å². The van der Waals surface area contributed by atoms with Crippen LogP contribution in [-0.4, -0.2) is 0 Å². The average molecular weight is 259 g/mol. The van der Waals surface area contributed by atoms with Crippen molar-refractivity contribution in [1.82, 2.24) is 0 Å². The molecule has 0 fully saturated rings. The summed E-state index contributed by atoms with van der Waals surface area (Å²) in [5, 5.41) is 11.1. The molecule has 3 aromatic carbocycles. The Labute approximate surface area is 115 Å². The van der Waals surface area contributed by atoms with Crippen LogP contribution in [0.2, 0.25) is 0 Å². The van der Waals surface area contributed by atoms with Crippen LogP contribution < -0.4 is 9.47 Å². The fourth-order valence-electron chi connectivity index (χ4n) is 2.34. The summed E-state index contributed by atoms with van der Waals surface area (Å²) >= 11 is 0. The summed E-state index contributed by atoms with van der Waals surface area (Å²) < 4.78 is 11.7. The van der Waals surface area contributed by atoms with Gasteiger partial charge in [-0.15, -0.1) is 0 Å². The van der Waals surface area contributed by atoms with E-state index in [1.54, 1.807) is 18.2 Å². The predicted octanol–water partition coefficient (Wildman–Crippen LogP) is 4.61. The molecule has 0 spiro atoms. The third-order valence-electron chi connectivity index (χ3n) is 3.32. The molecule has 1 heterocycles. The van der Waals surface area contributed by atoms with E-state index in [4.69, 9.17) is 14.7 Å². The molecule has 94 valence electrons. The summed E-state index contributed by atoms with van der Waals surface area (Å²) in [5.41, 5.74) is 0.552. The van der Waals surface area contributed by atoms with Crippen LogP contribution >= 0.6 is 0 Å². The molecule has 1 aliphatic heterocycles. The van der Waals surface area contributed by atoms with Gasteiger partial charge in [-0.05, 0) is 35.0 Å². The Morgan fingerprint density at radius 2 is 1.30 bits per heavy atom. The van der Waals surface area contributed by atoms with E-state index in [-0.39, 0.29) is 0 Å². The minimum atomic E-state index is 0.552. The second-order valence-electron chi connectivity index (χ2n) is 4.62. The highest BCUT2D eigenvalue weighted by Crippen LogP contribution is 2.46. The van der Waals surface area contributed by atoms with Crippen molar-refractivity contribution in [3.05, 3.63) is 60.2 Å². The van der Waals surface area contributed by atoms with Gasteiger partial charge in [0.1, 0.15) is 0 Å². The number of nitriles is 1. The van der Waals surface area contributed by atoms with E-state index in [1.807, 2.05) is 36.4 Å². The van der Waals surface area contributed by atoms with Crippen LogP contribution in [0.5, 0.6) is 23.0 Å². The summed E-state index contributed by atoms with van der Waals surface area (Å²) in [5.74, 6) is 2.57. The lowest BCUT2D eigenvalue weighted by atomic mass is 10.1. The Balaban J connectivity index is 1.87. The molecule has 0 saturated heterocycles. The zero-order valence-electron chi connectivity index (χ0n) is 10.5. The highest BCUT2D eigenvalue weighted by atomic mass is 16.6. The second-order valence-corrected chi connectivity index (χ2v) is 4.62. The number of nitrogens with zero attached hydrogens (tertiary/aromatic N) is 1. The van der Waals surface area contributed by atoms with Gasteiger partial charge in [-0.25, -0.2) is 0 Å². The number of benzene rings is 3. The lowest BCUT2D eigenvalue weighted by molar-refractivity contribution is 0.360. The first kappa shape index (κ1) is 10.9. The van der Waals surface area contributed by atoms with Crippen LogP contribution in [0.1, 0.15) is 5.56 Å². The van der Waals surface area contributed by atoms with Gasteiger partial charge in [0, 0.05) is 6.07 Å². The van der Waals surface area contributed by atoms with E-state index >= 15 is 0 Å². The first-order chi connectivity index (χ1) is 9.83. The predicted molar refractivity (Wildman–Crippen MR) is 75.3 cm³/mol. The van der Waals surface area contributed by atoms with E-state index < -0.39 is 0 Å². The minimum Gasteiger partial charge on any atom is -0.449 e. The Hall–Kier alpha value is -2.99. The smallest absolute Gasteiger partial charge is 0.171 e. The zero-order valence-corrected chi connectivity index (χ0v) is 10.5. The van der Waals surface area contributed by atoms with E-state index in [9.17, 15) is 0 Å². The molecule has 1 aliphatic rings. The van der Waals surface area contributed by atoms with E-state index in [1.165, 1.54) is 0 Å². The molecule has 0 radical (unpaired) electrons. The van der Waals surface area contributed by atoms with Gasteiger partial charge in [-0.2, -0.15) is 5.26 Å². The summed E-state index contributed by atoms with van der Waals surface area (Å²) in [6, 6.07) is 19.2. The van der Waals surface area contributed by atoms with Gasteiger partial charge in [0.25, 0.3) is 0 Å². The second kappa shape index (κ2) is 4.01. The summed E-state index contributed by atoms with van der Waals surface area (Å²) in [4.78, 5) is 0.